The number of fused-ring (bicyclic) bond motifs is 1. The summed E-state index contributed by atoms with van der Waals surface area (Å²) in [4.78, 5) is 30.3. The van der Waals surface area contributed by atoms with Gasteiger partial charge in [-0.25, -0.2) is 0 Å². The summed E-state index contributed by atoms with van der Waals surface area (Å²) in [6, 6.07) is 66.1. The second-order valence-corrected chi connectivity index (χ2v) is 19.9. The first kappa shape index (κ1) is 38.0. The molecular weight excluding hydrogens is 771 g/mol. The summed E-state index contributed by atoms with van der Waals surface area (Å²) < 4.78 is 0. The fraction of sp³-hybridized carbons (Fsp3) is 0.111. The van der Waals surface area contributed by atoms with E-state index in [9.17, 15) is 0 Å². The van der Waals surface area contributed by atoms with Crippen LogP contribution >= 0.6 is 15.8 Å². The lowest BCUT2D eigenvalue weighted by Gasteiger charge is -2.52. The van der Waals surface area contributed by atoms with Crippen LogP contribution in [0.5, 0.6) is 0 Å². The number of amides is 2. The molecule has 292 valence electrons. The van der Waals surface area contributed by atoms with Crippen LogP contribution in [0.4, 0.5) is 0 Å². The molecular formula is C54H44N2O2P2. The molecule has 4 atom stereocenters. The molecule has 11 rings (SSSR count). The lowest BCUT2D eigenvalue weighted by atomic mass is 9.57. The number of carbonyl (C=O) groups is 2. The van der Waals surface area contributed by atoms with E-state index in [1.54, 1.807) is 0 Å². The van der Waals surface area contributed by atoms with Crippen molar-refractivity contribution >= 4 is 59.5 Å². The molecule has 60 heavy (non-hydrogen) atoms. The van der Waals surface area contributed by atoms with Crippen molar-refractivity contribution < 1.29 is 9.59 Å². The van der Waals surface area contributed by atoms with Gasteiger partial charge < -0.3 is 10.6 Å². The van der Waals surface area contributed by atoms with Gasteiger partial charge in [0.2, 0.25) is 0 Å². The molecule has 0 radical (unpaired) electrons. The van der Waals surface area contributed by atoms with Gasteiger partial charge in [0, 0.05) is 23.0 Å². The van der Waals surface area contributed by atoms with Crippen LogP contribution in [0.15, 0.2) is 217 Å². The Morgan fingerprint density at radius 1 is 0.433 bits per heavy atom. The number of benzene rings is 7. The van der Waals surface area contributed by atoms with Crippen LogP contribution in [-0.4, -0.2) is 23.9 Å². The van der Waals surface area contributed by atoms with E-state index in [1.807, 2.05) is 60.7 Å². The van der Waals surface area contributed by atoms with Gasteiger partial charge in [-0.3, -0.25) is 9.59 Å². The quantitative estimate of drug-likeness (QED) is 0.136. The molecule has 7 aromatic rings. The summed E-state index contributed by atoms with van der Waals surface area (Å²) in [6.07, 6.45) is 6.44. The molecule has 0 saturated carbocycles. The first-order valence-electron chi connectivity index (χ1n) is 20.7. The van der Waals surface area contributed by atoms with Gasteiger partial charge in [-0.1, -0.05) is 200 Å². The minimum atomic E-state index is -1.04. The van der Waals surface area contributed by atoms with Crippen LogP contribution < -0.4 is 42.5 Å². The zero-order valence-electron chi connectivity index (χ0n) is 33.1. The molecule has 7 aromatic carbocycles. The first-order chi connectivity index (χ1) is 29.7. The minimum absolute atomic E-state index is 0.0849. The van der Waals surface area contributed by atoms with Crippen molar-refractivity contribution in [2.45, 2.75) is 36.8 Å². The lowest BCUT2D eigenvalue weighted by molar-refractivity contribution is 0.0858. The molecule has 0 aromatic heterocycles. The molecule has 2 N–H and O–H groups in total. The van der Waals surface area contributed by atoms with Crippen molar-refractivity contribution in [2.75, 3.05) is 0 Å². The van der Waals surface area contributed by atoms with Gasteiger partial charge in [0.15, 0.2) is 0 Å². The summed E-state index contributed by atoms with van der Waals surface area (Å²) in [7, 11) is -2.07. The number of hydrogen-bond donors (Lipinski definition) is 2. The van der Waals surface area contributed by atoms with Crippen LogP contribution in [0, 0.1) is 0 Å². The molecule has 0 saturated heterocycles. The van der Waals surface area contributed by atoms with E-state index in [2.05, 4.69) is 156 Å². The first-order valence-corrected chi connectivity index (χ1v) is 23.4. The van der Waals surface area contributed by atoms with Crippen LogP contribution in [0.3, 0.4) is 0 Å². The van der Waals surface area contributed by atoms with Gasteiger partial charge in [0.1, 0.15) is 0 Å². The Balaban J connectivity index is 1.06. The van der Waals surface area contributed by atoms with Crippen LogP contribution in [0.2, 0.25) is 0 Å². The van der Waals surface area contributed by atoms with Crippen LogP contribution in [-0.2, 0) is 0 Å². The van der Waals surface area contributed by atoms with Crippen molar-refractivity contribution in [1.82, 2.24) is 10.6 Å². The number of hydrogen-bond acceptors (Lipinski definition) is 2. The molecule has 4 aliphatic rings. The van der Waals surface area contributed by atoms with Crippen LogP contribution in [0.25, 0.3) is 0 Å². The maximum atomic E-state index is 15.2. The Bertz CT molecular complexity index is 2660. The van der Waals surface area contributed by atoms with E-state index < -0.39 is 21.9 Å². The topological polar surface area (TPSA) is 58.2 Å². The maximum Gasteiger partial charge on any atom is 0.252 e. The highest BCUT2D eigenvalue weighted by molar-refractivity contribution is 7.80. The average Bonchev–Trinajstić information content (AvgIpc) is 3.31. The van der Waals surface area contributed by atoms with Crippen molar-refractivity contribution in [1.29, 1.82) is 0 Å². The molecule has 4 aliphatic carbocycles. The SMILES string of the molecule is O=C(N[C@@H]1C2C3=C(CCC=C3)C(c3ccccc32)[C@H]1NC(=O)c1ccccc1P(c1ccccc1)c1ccccc1)c1ccccc1P(c1ccccc1)c1ccccc1. The highest BCUT2D eigenvalue weighted by Crippen LogP contribution is 2.55. The molecule has 0 heterocycles. The largest absolute Gasteiger partial charge is 0.346 e. The van der Waals surface area contributed by atoms with E-state index >= 15 is 9.59 Å². The van der Waals surface area contributed by atoms with Gasteiger partial charge in [0.25, 0.3) is 11.8 Å². The fourth-order valence-corrected chi connectivity index (χ4v) is 14.6. The molecule has 2 amide bonds. The average molecular weight is 815 g/mol. The molecule has 2 unspecified atom stereocenters. The van der Waals surface area contributed by atoms with Gasteiger partial charge >= 0.3 is 0 Å². The summed E-state index contributed by atoms with van der Waals surface area (Å²) in [5.41, 5.74) is 6.44. The molecule has 6 heteroatoms. The normalized spacial score (nSPS) is 18.8. The predicted octanol–water partition coefficient (Wildman–Crippen LogP) is 8.64. The Morgan fingerprint density at radius 2 is 0.800 bits per heavy atom. The second kappa shape index (κ2) is 16.8. The smallest absolute Gasteiger partial charge is 0.252 e. The van der Waals surface area contributed by atoms with E-state index in [4.69, 9.17) is 0 Å². The van der Waals surface area contributed by atoms with Gasteiger partial charge in [0.05, 0.1) is 12.1 Å². The monoisotopic (exact) mass is 814 g/mol. The number of carbonyl (C=O) groups excluding carboxylic acids is 2. The number of rotatable bonds is 10. The van der Waals surface area contributed by atoms with Crippen molar-refractivity contribution in [2.24, 2.45) is 0 Å². The Labute approximate surface area is 354 Å². The highest BCUT2D eigenvalue weighted by Gasteiger charge is 2.52. The maximum absolute atomic E-state index is 15.2. The molecule has 0 fully saturated rings. The molecule has 4 nitrogen and oxygen atoms in total. The van der Waals surface area contributed by atoms with E-state index in [-0.39, 0.29) is 29.7 Å². The zero-order chi connectivity index (χ0) is 40.4. The van der Waals surface area contributed by atoms with E-state index in [0.717, 1.165) is 23.5 Å². The molecule has 0 aliphatic heterocycles. The van der Waals surface area contributed by atoms with Gasteiger partial charge in [-0.05, 0) is 89.3 Å². The second-order valence-electron chi connectivity index (χ2n) is 15.6. The third-order valence-electron chi connectivity index (χ3n) is 12.2. The van der Waals surface area contributed by atoms with Crippen molar-refractivity contribution in [3.05, 3.63) is 240 Å². The summed E-state index contributed by atoms with van der Waals surface area (Å²) in [5, 5.41) is 14.0. The standard InChI is InChI=1S/C54H44N2O2P2/c57-53(45-33-17-19-35-47(45)59(37-21-5-1-6-22-37)38-23-7-2-8-24-38)55-51-49-41-29-13-15-31-43(41)50(44-32-16-14-30-42(44)49)52(51)56-54(58)46-34-18-20-36-48(46)60(39-25-9-3-10-26-39)40-27-11-4-12-28-40/h1-15,17-31,33-36,49-52H,16,32H2,(H,55,57)(H,56,58)/t49?,50?,51-,52-/m1/s1. The molecule has 2 bridgehead atoms. The van der Waals surface area contributed by atoms with Gasteiger partial charge in [-0.2, -0.15) is 0 Å². The Morgan fingerprint density at radius 3 is 1.25 bits per heavy atom. The predicted molar refractivity (Wildman–Crippen MR) is 250 cm³/mol. The minimum Gasteiger partial charge on any atom is -0.346 e. The Hall–Kier alpha value is -6.18. The summed E-state index contributed by atoms with van der Waals surface area (Å²) >= 11 is 0. The summed E-state index contributed by atoms with van der Waals surface area (Å²) in [6.45, 7) is 0. The van der Waals surface area contributed by atoms with Crippen LogP contribution in [0.1, 0.15) is 56.5 Å². The third kappa shape index (κ3) is 7.05. The molecule has 0 spiro atoms. The van der Waals surface area contributed by atoms with Crippen molar-refractivity contribution in [3.8, 4) is 0 Å². The third-order valence-corrected chi connectivity index (χ3v) is 17.2. The van der Waals surface area contributed by atoms with E-state index in [1.165, 1.54) is 43.5 Å². The fourth-order valence-electron chi connectivity index (χ4n) is 9.67. The summed E-state index contributed by atoms with van der Waals surface area (Å²) in [5.74, 6) is -0.452. The van der Waals surface area contributed by atoms with Gasteiger partial charge in [-0.15, -0.1) is 0 Å². The Kier molecular flexibility index (Phi) is 10.7. The van der Waals surface area contributed by atoms with E-state index in [0.29, 0.717) is 11.1 Å². The number of nitrogens with one attached hydrogen (secondary N) is 2. The zero-order valence-corrected chi connectivity index (χ0v) is 34.9. The number of allylic oxidation sites excluding steroid dienone is 2. The highest BCUT2D eigenvalue weighted by atomic mass is 31.1. The lowest BCUT2D eigenvalue weighted by Crippen LogP contribution is -2.62. The van der Waals surface area contributed by atoms with Crippen molar-refractivity contribution in [3.63, 3.8) is 0 Å².